The topological polar surface area (TPSA) is 17.8 Å². The first-order valence-corrected chi connectivity index (χ1v) is 7.00. The molecular formula is C12H19IN2. The number of hydrogen-bond donors (Lipinski definition) is 0. The number of nitrogens with zero attached hydrogens (tertiary/aromatic N) is 2. The van der Waals surface area contributed by atoms with Gasteiger partial charge in [0.2, 0.25) is 0 Å². The Labute approximate surface area is 106 Å². The van der Waals surface area contributed by atoms with E-state index in [1.807, 2.05) is 0 Å². The molecule has 1 heterocycles. The number of aromatic nitrogens is 2. The molecule has 15 heavy (non-hydrogen) atoms. The minimum Gasteiger partial charge on any atom is -0.266 e. The van der Waals surface area contributed by atoms with Gasteiger partial charge in [-0.3, -0.25) is 4.68 Å². The van der Waals surface area contributed by atoms with Crippen LogP contribution in [0.4, 0.5) is 0 Å². The van der Waals surface area contributed by atoms with Gasteiger partial charge in [0.25, 0.3) is 0 Å². The van der Waals surface area contributed by atoms with E-state index in [4.69, 9.17) is 0 Å². The van der Waals surface area contributed by atoms with Gasteiger partial charge in [0.05, 0.1) is 6.04 Å². The highest BCUT2D eigenvalue weighted by molar-refractivity contribution is 14.1. The summed E-state index contributed by atoms with van der Waals surface area (Å²) in [4.78, 5) is 0. The van der Waals surface area contributed by atoms with Crippen molar-refractivity contribution in [1.29, 1.82) is 0 Å². The Morgan fingerprint density at radius 3 is 2.53 bits per heavy atom. The predicted octanol–water partition coefficient (Wildman–Crippen LogP) is 3.94. The molecule has 0 radical (unpaired) electrons. The van der Waals surface area contributed by atoms with E-state index in [0.29, 0.717) is 6.04 Å². The van der Waals surface area contributed by atoms with E-state index in [0.717, 1.165) is 9.62 Å². The number of halogens is 1. The summed E-state index contributed by atoms with van der Waals surface area (Å²) in [5.74, 6) is 0.969. The highest BCUT2D eigenvalue weighted by Gasteiger charge is 2.22. The second-order valence-corrected chi connectivity index (χ2v) is 5.74. The van der Waals surface area contributed by atoms with Crippen LogP contribution in [0.15, 0.2) is 6.07 Å². The van der Waals surface area contributed by atoms with Crippen molar-refractivity contribution in [2.24, 2.45) is 5.92 Å². The maximum absolute atomic E-state index is 4.59. The first-order valence-electron chi connectivity index (χ1n) is 5.92. The van der Waals surface area contributed by atoms with Crippen LogP contribution in [0.5, 0.6) is 0 Å². The van der Waals surface area contributed by atoms with Gasteiger partial charge in [0, 0.05) is 5.69 Å². The molecule has 3 heteroatoms. The van der Waals surface area contributed by atoms with Crippen molar-refractivity contribution in [3.05, 3.63) is 15.5 Å². The molecule has 0 unspecified atom stereocenters. The zero-order valence-electron chi connectivity index (χ0n) is 9.54. The SMILES string of the molecule is CCC1CCC(n2nc(I)cc2C)CC1. The van der Waals surface area contributed by atoms with Crippen LogP contribution >= 0.6 is 22.6 Å². The van der Waals surface area contributed by atoms with Crippen molar-refractivity contribution in [3.8, 4) is 0 Å². The predicted molar refractivity (Wildman–Crippen MR) is 71.0 cm³/mol. The van der Waals surface area contributed by atoms with Crippen LogP contribution in [-0.4, -0.2) is 9.78 Å². The average molecular weight is 318 g/mol. The fraction of sp³-hybridized carbons (Fsp3) is 0.750. The molecule has 0 atom stereocenters. The molecule has 1 aliphatic carbocycles. The van der Waals surface area contributed by atoms with E-state index < -0.39 is 0 Å². The largest absolute Gasteiger partial charge is 0.266 e. The van der Waals surface area contributed by atoms with Gasteiger partial charge in [0.1, 0.15) is 3.70 Å². The van der Waals surface area contributed by atoms with E-state index in [-0.39, 0.29) is 0 Å². The lowest BCUT2D eigenvalue weighted by Crippen LogP contribution is -2.19. The summed E-state index contributed by atoms with van der Waals surface area (Å²) in [5, 5.41) is 4.59. The minimum absolute atomic E-state index is 0.663. The van der Waals surface area contributed by atoms with Gasteiger partial charge in [0.15, 0.2) is 0 Å². The molecule has 1 aliphatic rings. The Morgan fingerprint density at radius 1 is 1.40 bits per heavy atom. The van der Waals surface area contributed by atoms with E-state index in [9.17, 15) is 0 Å². The molecule has 1 saturated carbocycles. The Morgan fingerprint density at radius 2 is 2.07 bits per heavy atom. The van der Waals surface area contributed by atoms with Crippen LogP contribution in [0.2, 0.25) is 0 Å². The molecule has 0 amide bonds. The number of rotatable bonds is 2. The highest BCUT2D eigenvalue weighted by Crippen LogP contribution is 2.34. The number of aryl methyl sites for hydroxylation is 1. The van der Waals surface area contributed by atoms with Crippen molar-refractivity contribution < 1.29 is 0 Å². The Kier molecular flexibility index (Phi) is 3.69. The van der Waals surface area contributed by atoms with Gasteiger partial charge >= 0.3 is 0 Å². The zero-order chi connectivity index (χ0) is 10.8. The van der Waals surface area contributed by atoms with E-state index >= 15 is 0 Å². The first-order chi connectivity index (χ1) is 7.20. The average Bonchev–Trinajstić information content (AvgIpc) is 2.58. The summed E-state index contributed by atoms with van der Waals surface area (Å²) in [6, 6.07) is 2.84. The van der Waals surface area contributed by atoms with Gasteiger partial charge in [-0.25, -0.2) is 0 Å². The summed E-state index contributed by atoms with van der Waals surface area (Å²) in [7, 11) is 0. The second kappa shape index (κ2) is 4.85. The lowest BCUT2D eigenvalue weighted by molar-refractivity contribution is 0.253. The standard InChI is InChI=1S/C12H19IN2/c1-3-10-4-6-11(7-5-10)15-9(2)8-12(13)14-15/h8,10-11H,3-7H2,1-2H3. The summed E-state index contributed by atoms with van der Waals surface area (Å²) in [6.07, 6.45) is 6.75. The zero-order valence-corrected chi connectivity index (χ0v) is 11.7. The Bertz CT molecular complexity index is 324. The van der Waals surface area contributed by atoms with E-state index in [2.05, 4.69) is 52.3 Å². The van der Waals surface area contributed by atoms with Crippen LogP contribution in [0.1, 0.15) is 50.8 Å². The molecule has 0 bridgehead atoms. The molecule has 0 aliphatic heterocycles. The first kappa shape index (κ1) is 11.4. The third kappa shape index (κ3) is 2.55. The second-order valence-electron chi connectivity index (χ2n) is 4.64. The molecule has 2 nitrogen and oxygen atoms in total. The Balaban J connectivity index is 2.04. The van der Waals surface area contributed by atoms with E-state index in [1.54, 1.807) is 0 Å². The van der Waals surface area contributed by atoms with Crippen molar-refractivity contribution >= 4 is 22.6 Å². The summed E-state index contributed by atoms with van der Waals surface area (Å²) >= 11 is 2.30. The van der Waals surface area contributed by atoms with Crippen LogP contribution in [-0.2, 0) is 0 Å². The maximum Gasteiger partial charge on any atom is 0.123 e. The molecule has 2 rings (SSSR count). The molecule has 0 N–H and O–H groups in total. The minimum atomic E-state index is 0.663. The van der Waals surface area contributed by atoms with Gasteiger partial charge < -0.3 is 0 Å². The van der Waals surface area contributed by atoms with Crippen molar-refractivity contribution in [1.82, 2.24) is 9.78 Å². The van der Waals surface area contributed by atoms with Gasteiger partial charge in [-0.2, -0.15) is 5.10 Å². The van der Waals surface area contributed by atoms with Crippen molar-refractivity contribution in [3.63, 3.8) is 0 Å². The molecule has 1 aromatic heterocycles. The summed E-state index contributed by atoms with van der Waals surface area (Å²) < 4.78 is 3.37. The van der Waals surface area contributed by atoms with Crippen molar-refractivity contribution in [2.75, 3.05) is 0 Å². The van der Waals surface area contributed by atoms with Crippen LogP contribution in [0.3, 0.4) is 0 Å². The highest BCUT2D eigenvalue weighted by atomic mass is 127. The maximum atomic E-state index is 4.59. The molecule has 1 aromatic rings. The van der Waals surface area contributed by atoms with Gasteiger partial charge in [-0.15, -0.1) is 0 Å². The third-order valence-corrected chi connectivity index (χ3v) is 4.16. The molecule has 0 saturated heterocycles. The van der Waals surface area contributed by atoms with Crippen molar-refractivity contribution in [2.45, 2.75) is 52.0 Å². The Hall–Kier alpha value is -0.0600. The fourth-order valence-electron chi connectivity index (χ4n) is 2.62. The lowest BCUT2D eigenvalue weighted by atomic mass is 9.84. The summed E-state index contributed by atoms with van der Waals surface area (Å²) in [5.41, 5.74) is 1.32. The summed E-state index contributed by atoms with van der Waals surface area (Å²) in [6.45, 7) is 4.48. The molecule has 0 aromatic carbocycles. The lowest BCUT2D eigenvalue weighted by Gasteiger charge is -2.28. The molecule has 0 spiro atoms. The van der Waals surface area contributed by atoms with Crippen LogP contribution < -0.4 is 0 Å². The normalized spacial score (nSPS) is 26.9. The number of hydrogen-bond acceptors (Lipinski definition) is 1. The van der Waals surface area contributed by atoms with Crippen LogP contribution in [0, 0.1) is 16.5 Å². The van der Waals surface area contributed by atoms with Gasteiger partial charge in [-0.05, 0) is 67.2 Å². The van der Waals surface area contributed by atoms with Gasteiger partial charge in [-0.1, -0.05) is 13.3 Å². The molecule has 84 valence electrons. The molecular weight excluding hydrogens is 299 g/mol. The monoisotopic (exact) mass is 318 g/mol. The van der Waals surface area contributed by atoms with Crippen LogP contribution in [0.25, 0.3) is 0 Å². The van der Waals surface area contributed by atoms with E-state index in [1.165, 1.54) is 37.8 Å². The quantitative estimate of drug-likeness (QED) is 0.755. The smallest absolute Gasteiger partial charge is 0.123 e. The third-order valence-electron chi connectivity index (χ3n) is 3.63. The molecule has 1 fully saturated rings. The fourth-order valence-corrected chi connectivity index (χ4v) is 3.30.